The molecule has 0 aromatic heterocycles. The second-order valence-corrected chi connectivity index (χ2v) is 9.28. The van der Waals surface area contributed by atoms with Gasteiger partial charge in [0.1, 0.15) is 6.04 Å². The summed E-state index contributed by atoms with van der Waals surface area (Å²) >= 11 is 0. The highest BCUT2D eigenvalue weighted by Gasteiger charge is 2.39. The van der Waals surface area contributed by atoms with Crippen LogP contribution in [0.1, 0.15) is 81.1 Å². The van der Waals surface area contributed by atoms with Crippen molar-refractivity contribution in [3.05, 3.63) is 11.6 Å². The maximum atomic E-state index is 13.5. The van der Waals surface area contributed by atoms with Crippen LogP contribution in [0.3, 0.4) is 0 Å². The van der Waals surface area contributed by atoms with Gasteiger partial charge in [-0.15, -0.1) is 0 Å². The summed E-state index contributed by atoms with van der Waals surface area (Å²) in [5.74, 6) is -0.699. The third kappa shape index (κ3) is 8.23. The Kier molecular flexibility index (Phi) is 13.5. The van der Waals surface area contributed by atoms with Crippen LogP contribution < -0.4 is 10.6 Å². The number of carbonyl (C=O) groups excluding carboxylic acids is 3. The fourth-order valence-corrected chi connectivity index (χ4v) is 4.05. The molecule has 0 aliphatic rings. The molecule has 7 heteroatoms. The molecule has 0 aromatic carbocycles. The van der Waals surface area contributed by atoms with Gasteiger partial charge in [-0.05, 0) is 45.6 Å². The lowest BCUT2D eigenvalue weighted by Crippen LogP contribution is -2.61. The van der Waals surface area contributed by atoms with Gasteiger partial charge in [-0.2, -0.15) is 0 Å². The van der Waals surface area contributed by atoms with Gasteiger partial charge in [0.25, 0.3) is 0 Å². The van der Waals surface area contributed by atoms with Crippen molar-refractivity contribution in [2.75, 3.05) is 20.7 Å². The molecule has 32 heavy (non-hydrogen) atoms. The Bertz CT molecular complexity index is 637. The fraction of sp³-hybridized carbons (Fsp3) is 0.800. The lowest BCUT2D eigenvalue weighted by atomic mass is 9.86. The zero-order chi connectivity index (χ0) is 25.1. The lowest BCUT2D eigenvalue weighted by Gasteiger charge is -2.37. The molecule has 186 valence electrons. The summed E-state index contributed by atoms with van der Waals surface area (Å²) in [5.41, 5.74) is -0.219. The van der Waals surface area contributed by atoms with Crippen molar-refractivity contribution < 1.29 is 19.1 Å². The van der Waals surface area contributed by atoms with E-state index in [2.05, 4.69) is 24.5 Å². The van der Waals surface area contributed by atoms with Crippen molar-refractivity contribution in [3.8, 4) is 0 Å². The first-order valence-electron chi connectivity index (χ1n) is 12.0. The van der Waals surface area contributed by atoms with Crippen LogP contribution in [0.25, 0.3) is 0 Å². The molecule has 0 rings (SSSR count). The largest absolute Gasteiger partial charge is 0.463 e. The van der Waals surface area contributed by atoms with Crippen LogP contribution in [0.15, 0.2) is 11.6 Å². The number of nitrogens with one attached hydrogen (secondary N) is 2. The van der Waals surface area contributed by atoms with Gasteiger partial charge >= 0.3 is 5.97 Å². The number of nitrogens with zero attached hydrogens (tertiary/aromatic N) is 1. The molecule has 2 atom stereocenters. The normalized spacial score (nSPS) is 14.3. The Labute approximate surface area is 195 Å². The standard InChI is InChI=1S/C25H47N3O4/c1-11-14-25(26-9,15-12-2)24(31)27-21(18(6)7)22(29)28(10)20(17(4)5)16-19(8)23(30)32-13-3/h16-18,20-21,26H,11-15H2,1-10H3,(H,27,31)/b19-16+/t20-,21+/m1/s1. The molecule has 0 aliphatic heterocycles. The first-order valence-corrected chi connectivity index (χ1v) is 12.0. The molecule has 0 heterocycles. The van der Waals surface area contributed by atoms with Crippen LogP contribution in [0.2, 0.25) is 0 Å². The van der Waals surface area contributed by atoms with Gasteiger partial charge in [-0.1, -0.05) is 60.5 Å². The van der Waals surface area contributed by atoms with Crippen LogP contribution >= 0.6 is 0 Å². The van der Waals surface area contributed by atoms with Crippen LogP contribution in [0.5, 0.6) is 0 Å². The number of esters is 1. The van der Waals surface area contributed by atoms with Gasteiger partial charge in [-0.25, -0.2) is 4.79 Å². The van der Waals surface area contributed by atoms with E-state index >= 15 is 0 Å². The van der Waals surface area contributed by atoms with Crippen molar-refractivity contribution in [2.45, 2.75) is 98.7 Å². The maximum Gasteiger partial charge on any atom is 0.333 e. The van der Waals surface area contributed by atoms with Crippen molar-refractivity contribution in [1.82, 2.24) is 15.5 Å². The van der Waals surface area contributed by atoms with E-state index in [4.69, 9.17) is 4.74 Å². The number of hydrogen-bond donors (Lipinski definition) is 2. The van der Waals surface area contributed by atoms with E-state index in [1.54, 1.807) is 38.9 Å². The molecule has 0 aliphatic carbocycles. The molecule has 0 radical (unpaired) electrons. The van der Waals surface area contributed by atoms with E-state index < -0.39 is 11.6 Å². The molecular formula is C25H47N3O4. The lowest BCUT2D eigenvalue weighted by molar-refractivity contribution is -0.140. The molecule has 0 unspecified atom stereocenters. The first-order chi connectivity index (χ1) is 14.9. The first kappa shape index (κ1) is 30.1. The van der Waals surface area contributed by atoms with Gasteiger partial charge in [-0.3, -0.25) is 9.59 Å². The van der Waals surface area contributed by atoms with E-state index in [9.17, 15) is 14.4 Å². The summed E-state index contributed by atoms with van der Waals surface area (Å²) in [6, 6.07) is -0.961. The monoisotopic (exact) mass is 453 g/mol. The molecule has 0 saturated heterocycles. The summed E-state index contributed by atoms with van der Waals surface area (Å²) in [4.78, 5) is 40.6. The second kappa shape index (κ2) is 14.3. The summed E-state index contributed by atoms with van der Waals surface area (Å²) in [6.07, 6.45) is 4.91. The number of amides is 2. The van der Waals surface area contributed by atoms with Crippen LogP contribution in [0.4, 0.5) is 0 Å². The average Bonchev–Trinajstić information content (AvgIpc) is 2.73. The number of rotatable bonds is 14. The third-order valence-electron chi connectivity index (χ3n) is 5.98. The van der Waals surface area contributed by atoms with Crippen molar-refractivity contribution in [2.24, 2.45) is 11.8 Å². The minimum absolute atomic E-state index is 0.0772. The third-order valence-corrected chi connectivity index (χ3v) is 5.98. The Morgan fingerprint density at radius 1 is 1.00 bits per heavy atom. The summed E-state index contributed by atoms with van der Waals surface area (Å²) < 4.78 is 5.08. The highest BCUT2D eigenvalue weighted by atomic mass is 16.5. The Hall–Kier alpha value is -1.89. The van der Waals surface area contributed by atoms with Crippen LogP contribution in [-0.4, -0.2) is 61.0 Å². The van der Waals surface area contributed by atoms with E-state index in [1.165, 1.54) is 0 Å². The average molecular weight is 454 g/mol. The minimum atomic E-state index is -0.687. The van der Waals surface area contributed by atoms with Crippen molar-refractivity contribution in [1.29, 1.82) is 0 Å². The quantitative estimate of drug-likeness (QED) is 0.309. The summed E-state index contributed by atoms with van der Waals surface area (Å²) in [5, 5.41) is 6.27. The molecular weight excluding hydrogens is 406 g/mol. The second-order valence-electron chi connectivity index (χ2n) is 9.28. The van der Waals surface area contributed by atoms with Crippen LogP contribution in [0, 0.1) is 11.8 Å². The van der Waals surface area contributed by atoms with Gasteiger partial charge in [0.15, 0.2) is 0 Å². The highest BCUT2D eigenvalue weighted by Crippen LogP contribution is 2.22. The predicted octanol–water partition coefficient (Wildman–Crippen LogP) is 3.68. The number of likely N-dealkylation sites (N-methyl/N-ethyl adjacent to an activating group) is 2. The van der Waals surface area contributed by atoms with E-state index in [1.807, 2.05) is 27.7 Å². The Morgan fingerprint density at radius 2 is 1.53 bits per heavy atom. The minimum Gasteiger partial charge on any atom is -0.463 e. The smallest absolute Gasteiger partial charge is 0.333 e. The number of carbonyl (C=O) groups is 3. The highest BCUT2D eigenvalue weighted by molar-refractivity contribution is 5.92. The molecule has 2 amide bonds. The molecule has 2 N–H and O–H groups in total. The molecule has 0 saturated carbocycles. The van der Waals surface area contributed by atoms with Gasteiger partial charge < -0.3 is 20.3 Å². The van der Waals surface area contributed by atoms with E-state index in [0.717, 1.165) is 12.8 Å². The molecule has 0 aromatic rings. The number of ether oxygens (including phenoxy) is 1. The number of hydrogen-bond acceptors (Lipinski definition) is 5. The van der Waals surface area contributed by atoms with Crippen LogP contribution in [-0.2, 0) is 19.1 Å². The SMILES string of the molecule is CCCC(CCC)(NC)C(=O)N[C@H](C(=O)N(C)[C@H](/C=C(\C)C(=O)OCC)C(C)C)C(C)C. The van der Waals surface area contributed by atoms with Gasteiger partial charge in [0.05, 0.1) is 18.2 Å². The Morgan fingerprint density at radius 3 is 1.91 bits per heavy atom. The molecule has 0 spiro atoms. The molecule has 7 nitrogen and oxygen atoms in total. The van der Waals surface area contributed by atoms with E-state index in [0.29, 0.717) is 25.0 Å². The zero-order valence-corrected chi connectivity index (χ0v) is 22.0. The van der Waals surface area contributed by atoms with Crippen molar-refractivity contribution in [3.63, 3.8) is 0 Å². The topological polar surface area (TPSA) is 87.7 Å². The molecule has 0 bridgehead atoms. The maximum absolute atomic E-state index is 13.5. The molecule has 0 fully saturated rings. The summed E-state index contributed by atoms with van der Waals surface area (Å²) in [7, 11) is 3.54. The van der Waals surface area contributed by atoms with Gasteiger partial charge in [0, 0.05) is 12.6 Å². The zero-order valence-electron chi connectivity index (χ0n) is 22.0. The van der Waals surface area contributed by atoms with Gasteiger partial charge in [0.2, 0.25) is 11.8 Å². The summed E-state index contributed by atoms with van der Waals surface area (Å²) in [6.45, 7) is 15.7. The fourth-order valence-electron chi connectivity index (χ4n) is 4.05. The van der Waals surface area contributed by atoms with E-state index in [-0.39, 0.29) is 35.7 Å². The predicted molar refractivity (Wildman–Crippen MR) is 130 cm³/mol. The Balaban J connectivity index is 5.85. The van der Waals surface area contributed by atoms with Crippen molar-refractivity contribution >= 4 is 17.8 Å².